The lowest BCUT2D eigenvalue weighted by molar-refractivity contribution is 0.476. The number of rotatable bonds is 5. The van der Waals surface area contributed by atoms with Crippen LogP contribution in [0.1, 0.15) is 20.8 Å². The molecule has 0 aliphatic rings. The van der Waals surface area contributed by atoms with E-state index in [1.54, 1.807) is 6.92 Å². The maximum Gasteiger partial charge on any atom is 0.243 e. The number of hydrazine groups is 1. The lowest BCUT2D eigenvalue weighted by Gasteiger charge is -2.17. The van der Waals surface area contributed by atoms with E-state index in [-0.39, 0.29) is 22.8 Å². The molecule has 0 aromatic carbocycles. The summed E-state index contributed by atoms with van der Waals surface area (Å²) in [6.07, 6.45) is 2.41. The van der Waals surface area contributed by atoms with Crippen molar-refractivity contribution in [1.29, 1.82) is 0 Å². The zero-order chi connectivity index (χ0) is 13.1. The van der Waals surface area contributed by atoms with E-state index >= 15 is 0 Å². The standard InChI is InChI=1S/C9H17N5O2S/c1-6(2)7(3)14-17(15,16)8-4-11-9(13-10)12-5-8/h4-7,14H,10H2,1-3H3,(H,11,12,13). The lowest BCUT2D eigenvalue weighted by atomic mass is 10.1. The van der Waals surface area contributed by atoms with Gasteiger partial charge in [-0.15, -0.1) is 0 Å². The highest BCUT2D eigenvalue weighted by Gasteiger charge is 2.19. The van der Waals surface area contributed by atoms with Crippen LogP contribution >= 0.6 is 0 Å². The van der Waals surface area contributed by atoms with Gasteiger partial charge in [0.15, 0.2) is 0 Å². The summed E-state index contributed by atoms with van der Waals surface area (Å²) in [7, 11) is -3.57. The predicted molar refractivity (Wildman–Crippen MR) is 64.5 cm³/mol. The minimum atomic E-state index is -3.57. The zero-order valence-electron chi connectivity index (χ0n) is 10.0. The monoisotopic (exact) mass is 259 g/mol. The van der Waals surface area contributed by atoms with E-state index in [9.17, 15) is 8.42 Å². The molecule has 0 saturated carbocycles. The first-order valence-electron chi connectivity index (χ1n) is 5.18. The first-order valence-corrected chi connectivity index (χ1v) is 6.66. The fourth-order valence-electron chi connectivity index (χ4n) is 0.978. The molecule has 1 heterocycles. The van der Waals surface area contributed by atoms with Gasteiger partial charge in [-0.25, -0.2) is 29.0 Å². The predicted octanol–water partition coefficient (Wildman–Crippen LogP) is 0.0850. The van der Waals surface area contributed by atoms with Crippen LogP contribution in [0.4, 0.5) is 5.95 Å². The van der Waals surface area contributed by atoms with Crippen molar-refractivity contribution >= 4 is 16.0 Å². The smallest absolute Gasteiger partial charge is 0.243 e. The third-order valence-corrected chi connectivity index (χ3v) is 3.92. The van der Waals surface area contributed by atoms with E-state index in [0.717, 1.165) is 0 Å². The Morgan fingerprint density at radius 1 is 1.24 bits per heavy atom. The first-order chi connectivity index (χ1) is 7.86. The number of nitrogens with one attached hydrogen (secondary N) is 2. The van der Waals surface area contributed by atoms with Crippen molar-refractivity contribution < 1.29 is 8.42 Å². The van der Waals surface area contributed by atoms with E-state index in [2.05, 4.69) is 20.1 Å². The van der Waals surface area contributed by atoms with Crippen LogP contribution in [-0.4, -0.2) is 24.4 Å². The molecule has 8 heteroatoms. The van der Waals surface area contributed by atoms with Gasteiger partial charge in [0.1, 0.15) is 4.90 Å². The van der Waals surface area contributed by atoms with Gasteiger partial charge in [0.25, 0.3) is 0 Å². The number of hydrogen-bond acceptors (Lipinski definition) is 6. The average molecular weight is 259 g/mol. The molecule has 0 radical (unpaired) electrons. The second kappa shape index (κ2) is 5.39. The van der Waals surface area contributed by atoms with Crippen LogP contribution in [0.2, 0.25) is 0 Å². The molecule has 1 rings (SSSR count). The van der Waals surface area contributed by atoms with Gasteiger partial charge in [0.05, 0.1) is 12.4 Å². The van der Waals surface area contributed by atoms with E-state index < -0.39 is 10.0 Å². The van der Waals surface area contributed by atoms with E-state index in [1.807, 2.05) is 13.8 Å². The molecule has 1 aromatic rings. The maximum absolute atomic E-state index is 11.9. The van der Waals surface area contributed by atoms with Crippen LogP contribution in [0.25, 0.3) is 0 Å². The number of hydrogen-bond donors (Lipinski definition) is 3. The number of anilines is 1. The Bertz CT molecular complexity index is 457. The molecule has 0 amide bonds. The van der Waals surface area contributed by atoms with Gasteiger partial charge >= 0.3 is 0 Å². The van der Waals surface area contributed by atoms with Gasteiger partial charge in [-0.05, 0) is 12.8 Å². The fraction of sp³-hybridized carbons (Fsp3) is 0.556. The maximum atomic E-state index is 11.9. The van der Waals surface area contributed by atoms with Crippen molar-refractivity contribution in [3.05, 3.63) is 12.4 Å². The van der Waals surface area contributed by atoms with Crippen LogP contribution in [0.3, 0.4) is 0 Å². The summed E-state index contributed by atoms with van der Waals surface area (Å²) in [6.45, 7) is 5.68. The zero-order valence-corrected chi connectivity index (χ0v) is 10.8. The normalized spacial score (nSPS) is 13.7. The van der Waals surface area contributed by atoms with E-state index in [0.29, 0.717) is 0 Å². The van der Waals surface area contributed by atoms with Crippen molar-refractivity contribution in [2.24, 2.45) is 11.8 Å². The molecule has 96 valence electrons. The number of sulfonamides is 1. The number of nitrogen functional groups attached to an aromatic ring is 1. The lowest BCUT2D eigenvalue weighted by Crippen LogP contribution is -2.36. The first kappa shape index (κ1) is 13.8. The molecule has 0 bridgehead atoms. The molecule has 4 N–H and O–H groups in total. The van der Waals surface area contributed by atoms with Gasteiger partial charge in [0, 0.05) is 6.04 Å². The third-order valence-electron chi connectivity index (χ3n) is 2.41. The number of nitrogens with two attached hydrogens (primary N) is 1. The molecule has 0 fully saturated rings. The minimum absolute atomic E-state index is 0.0176. The van der Waals surface area contributed by atoms with Gasteiger partial charge in [-0.1, -0.05) is 13.8 Å². The molecule has 0 aliphatic heterocycles. The van der Waals surface area contributed by atoms with Crippen molar-refractivity contribution in [2.75, 3.05) is 5.43 Å². The second-order valence-corrected chi connectivity index (χ2v) is 5.75. The number of aromatic nitrogens is 2. The average Bonchev–Trinajstić information content (AvgIpc) is 2.28. The Hall–Kier alpha value is -1.25. The largest absolute Gasteiger partial charge is 0.292 e. The summed E-state index contributed by atoms with van der Waals surface area (Å²) >= 11 is 0. The summed E-state index contributed by atoms with van der Waals surface area (Å²) in [4.78, 5) is 7.52. The third kappa shape index (κ3) is 3.62. The van der Waals surface area contributed by atoms with Crippen molar-refractivity contribution in [2.45, 2.75) is 31.7 Å². The van der Waals surface area contributed by atoms with Crippen LogP contribution in [-0.2, 0) is 10.0 Å². The molecule has 7 nitrogen and oxygen atoms in total. The van der Waals surface area contributed by atoms with Crippen LogP contribution in [0.5, 0.6) is 0 Å². The molecule has 17 heavy (non-hydrogen) atoms. The van der Waals surface area contributed by atoms with Crippen molar-refractivity contribution in [3.8, 4) is 0 Å². The topological polar surface area (TPSA) is 110 Å². The molecule has 1 atom stereocenters. The summed E-state index contributed by atoms with van der Waals surface area (Å²) in [6, 6.07) is -0.160. The SMILES string of the molecule is CC(C)C(C)NS(=O)(=O)c1cnc(NN)nc1. The molecule has 0 spiro atoms. The Morgan fingerprint density at radius 3 is 2.18 bits per heavy atom. The van der Waals surface area contributed by atoms with Gasteiger partial charge in [0.2, 0.25) is 16.0 Å². The van der Waals surface area contributed by atoms with Crippen molar-refractivity contribution in [3.63, 3.8) is 0 Å². The highest BCUT2D eigenvalue weighted by Crippen LogP contribution is 2.10. The Morgan fingerprint density at radius 2 is 1.76 bits per heavy atom. The Kier molecular flexibility index (Phi) is 4.38. The summed E-state index contributed by atoms with van der Waals surface area (Å²) in [5.41, 5.74) is 2.23. The highest BCUT2D eigenvalue weighted by molar-refractivity contribution is 7.89. The summed E-state index contributed by atoms with van der Waals surface area (Å²) in [5, 5.41) is 0. The summed E-state index contributed by atoms with van der Waals surface area (Å²) < 4.78 is 26.4. The van der Waals surface area contributed by atoms with E-state index in [4.69, 9.17) is 5.84 Å². The summed E-state index contributed by atoms with van der Waals surface area (Å²) in [5.74, 6) is 5.46. The van der Waals surface area contributed by atoms with Gasteiger partial charge in [-0.3, -0.25) is 5.43 Å². The second-order valence-electron chi connectivity index (χ2n) is 4.04. The molecule has 1 aromatic heterocycles. The van der Waals surface area contributed by atoms with Crippen LogP contribution in [0, 0.1) is 5.92 Å². The van der Waals surface area contributed by atoms with Crippen LogP contribution in [0.15, 0.2) is 17.3 Å². The highest BCUT2D eigenvalue weighted by atomic mass is 32.2. The van der Waals surface area contributed by atoms with Gasteiger partial charge in [-0.2, -0.15) is 0 Å². The molecule has 0 saturated heterocycles. The number of nitrogens with zero attached hydrogens (tertiary/aromatic N) is 2. The Labute approximate surface area is 101 Å². The van der Waals surface area contributed by atoms with Crippen LogP contribution < -0.4 is 16.0 Å². The Balaban J connectivity index is 2.89. The fourth-order valence-corrected chi connectivity index (χ4v) is 2.26. The molecule has 1 unspecified atom stereocenters. The molecule has 0 aliphatic carbocycles. The minimum Gasteiger partial charge on any atom is -0.292 e. The quantitative estimate of drug-likeness (QED) is 0.510. The molecular weight excluding hydrogens is 242 g/mol. The van der Waals surface area contributed by atoms with Gasteiger partial charge < -0.3 is 0 Å². The van der Waals surface area contributed by atoms with E-state index in [1.165, 1.54) is 12.4 Å². The van der Waals surface area contributed by atoms with Crippen molar-refractivity contribution in [1.82, 2.24) is 14.7 Å². The molecular formula is C9H17N5O2S.